The Balaban J connectivity index is 2.46. The molecule has 1 N–H and O–H groups in total. The van der Waals surface area contributed by atoms with Crippen molar-refractivity contribution in [2.24, 2.45) is 4.99 Å². The predicted octanol–water partition coefficient (Wildman–Crippen LogP) is -0.239. The molecule has 0 atom stereocenters. The van der Waals surface area contributed by atoms with E-state index < -0.39 is 5.63 Å². The zero-order chi connectivity index (χ0) is 13.0. The summed E-state index contributed by atoms with van der Waals surface area (Å²) in [6, 6.07) is 6.89. The van der Waals surface area contributed by atoms with Crippen molar-refractivity contribution in [1.82, 2.24) is 5.27 Å². The smallest absolute Gasteiger partial charge is 0.427 e. The summed E-state index contributed by atoms with van der Waals surface area (Å²) in [4.78, 5) is 14.9. The Hall–Kier alpha value is -2.37. The van der Waals surface area contributed by atoms with Crippen molar-refractivity contribution < 1.29 is 14.3 Å². The quantitative estimate of drug-likeness (QED) is 0.459. The fourth-order valence-corrected chi connectivity index (χ4v) is 1.53. The molecule has 2 aromatic rings. The maximum absolute atomic E-state index is 11.9. The number of nitrogens with one attached hydrogen (secondary N) is 1. The van der Waals surface area contributed by atoms with Crippen molar-refractivity contribution >= 4 is 5.90 Å². The molecule has 0 bridgehead atoms. The zero-order valence-corrected chi connectivity index (χ0v) is 9.92. The molecule has 6 heteroatoms. The van der Waals surface area contributed by atoms with Crippen molar-refractivity contribution in [3.05, 3.63) is 46.4 Å². The standard InChI is InChI=1S/C12H13N3O3/c1-2-7-13-12(17)9-5-3-4-6-10(9)15-8-11(16)18-14-15/h3-6,8H,2,7H2,1H3,(H-,13,14,16,17). The highest BCUT2D eigenvalue weighted by Gasteiger charge is 2.15. The normalized spacial score (nSPS) is 11.7. The Kier molecular flexibility index (Phi) is 3.57. The molecule has 0 aliphatic rings. The van der Waals surface area contributed by atoms with Gasteiger partial charge >= 0.3 is 5.63 Å². The van der Waals surface area contributed by atoms with Gasteiger partial charge in [-0.3, -0.25) is 4.52 Å². The Morgan fingerprint density at radius 1 is 1.50 bits per heavy atom. The second kappa shape index (κ2) is 5.31. The van der Waals surface area contributed by atoms with Crippen LogP contribution in [0.25, 0.3) is 5.69 Å². The van der Waals surface area contributed by atoms with E-state index in [0.29, 0.717) is 17.8 Å². The number of aromatic nitrogens is 2. The van der Waals surface area contributed by atoms with Crippen LogP contribution >= 0.6 is 0 Å². The SMILES string of the molecule is CCCN=C([O-])c1ccccc1-[n+]1cc(=O)o[nH]1. The molecule has 0 saturated carbocycles. The van der Waals surface area contributed by atoms with Crippen LogP contribution in [0.1, 0.15) is 18.9 Å². The number of para-hydroxylation sites is 1. The van der Waals surface area contributed by atoms with Crippen LogP contribution in [-0.4, -0.2) is 17.7 Å². The highest BCUT2D eigenvalue weighted by Crippen LogP contribution is 2.07. The van der Waals surface area contributed by atoms with Gasteiger partial charge in [0.25, 0.3) is 6.20 Å². The van der Waals surface area contributed by atoms with Crippen LogP contribution in [0.3, 0.4) is 0 Å². The second-order valence-electron chi connectivity index (χ2n) is 3.72. The minimum atomic E-state index is -0.511. The fraction of sp³-hybridized carbons (Fsp3) is 0.250. The van der Waals surface area contributed by atoms with Crippen LogP contribution in [0.5, 0.6) is 0 Å². The Bertz CT molecular complexity index is 613. The first-order valence-corrected chi connectivity index (χ1v) is 5.63. The molecule has 6 nitrogen and oxygen atoms in total. The lowest BCUT2D eigenvalue weighted by atomic mass is 10.2. The summed E-state index contributed by atoms with van der Waals surface area (Å²) in [6.45, 7) is 2.44. The molecule has 0 saturated heterocycles. The number of hydrogen-bond acceptors (Lipinski definition) is 4. The number of hydrogen-bond donors (Lipinski definition) is 1. The van der Waals surface area contributed by atoms with Crippen LogP contribution in [-0.2, 0) is 0 Å². The summed E-state index contributed by atoms with van der Waals surface area (Å²) >= 11 is 0. The molecule has 0 unspecified atom stereocenters. The van der Waals surface area contributed by atoms with Gasteiger partial charge in [-0.05, 0) is 28.3 Å². The first-order valence-electron chi connectivity index (χ1n) is 5.63. The number of benzene rings is 1. The first kappa shape index (κ1) is 12.1. The molecule has 1 aromatic heterocycles. The van der Waals surface area contributed by atoms with E-state index in [1.807, 2.05) is 6.92 Å². The number of H-pyrrole nitrogens is 1. The van der Waals surface area contributed by atoms with E-state index in [9.17, 15) is 9.90 Å². The summed E-state index contributed by atoms with van der Waals surface area (Å²) < 4.78 is 5.93. The van der Waals surface area contributed by atoms with Gasteiger partial charge in [0.15, 0.2) is 0 Å². The highest BCUT2D eigenvalue weighted by molar-refractivity contribution is 5.93. The lowest BCUT2D eigenvalue weighted by Crippen LogP contribution is -2.36. The number of rotatable bonds is 4. The lowest BCUT2D eigenvalue weighted by Gasteiger charge is -2.10. The van der Waals surface area contributed by atoms with Gasteiger partial charge in [-0.25, -0.2) is 4.79 Å². The largest absolute Gasteiger partial charge is 0.858 e. The Morgan fingerprint density at radius 2 is 2.28 bits per heavy atom. The summed E-state index contributed by atoms with van der Waals surface area (Å²) in [5.74, 6) is -0.304. The van der Waals surface area contributed by atoms with Crippen LogP contribution in [0.4, 0.5) is 0 Å². The molecule has 1 heterocycles. The van der Waals surface area contributed by atoms with Crippen molar-refractivity contribution in [3.8, 4) is 5.69 Å². The van der Waals surface area contributed by atoms with Gasteiger partial charge in [0.2, 0.25) is 5.69 Å². The monoisotopic (exact) mass is 247 g/mol. The van der Waals surface area contributed by atoms with E-state index in [0.717, 1.165) is 6.42 Å². The molecule has 1 aromatic carbocycles. The van der Waals surface area contributed by atoms with E-state index in [4.69, 9.17) is 0 Å². The molecular weight excluding hydrogens is 234 g/mol. The molecule has 0 aliphatic carbocycles. The summed E-state index contributed by atoms with van der Waals surface area (Å²) in [6.07, 6.45) is 2.04. The molecule has 94 valence electrons. The summed E-state index contributed by atoms with van der Waals surface area (Å²) in [7, 11) is 0. The molecule has 0 aliphatic heterocycles. The van der Waals surface area contributed by atoms with Crippen LogP contribution < -0.4 is 15.4 Å². The minimum absolute atomic E-state index is 0.304. The molecular formula is C12H13N3O3. The number of aliphatic imine (C=N–C) groups is 1. The van der Waals surface area contributed by atoms with Crippen LogP contribution in [0.2, 0.25) is 0 Å². The van der Waals surface area contributed by atoms with Gasteiger partial charge in [0, 0.05) is 12.6 Å². The maximum Gasteiger partial charge on any atom is 0.427 e. The van der Waals surface area contributed by atoms with E-state index in [2.05, 4.69) is 14.8 Å². The Labute approximate surface area is 103 Å². The lowest BCUT2D eigenvalue weighted by molar-refractivity contribution is -0.670. The van der Waals surface area contributed by atoms with E-state index >= 15 is 0 Å². The zero-order valence-electron chi connectivity index (χ0n) is 9.92. The average molecular weight is 247 g/mol. The molecule has 0 spiro atoms. The predicted molar refractivity (Wildman–Crippen MR) is 62.6 cm³/mol. The maximum atomic E-state index is 11.9. The highest BCUT2D eigenvalue weighted by atomic mass is 16.5. The topological polar surface area (TPSA) is 85.3 Å². The molecule has 2 rings (SSSR count). The van der Waals surface area contributed by atoms with Crippen LogP contribution in [0.15, 0.2) is 44.8 Å². The van der Waals surface area contributed by atoms with Gasteiger partial charge in [0.05, 0.1) is 5.56 Å². The van der Waals surface area contributed by atoms with Gasteiger partial charge in [0.1, 0.15) is 0 Å². The van der Waals surface area contributed by atoms with E-state index in [1.165, 1.54) is 10.9 Å². The van der Waals surface area contributed by atoms with Crippen molar-refractivity contribution in [1.29, 1.82) is 0 Å². The minimum Gasteiger partial charge on any atom is -0.858 e. The number of aromatic amines is 1. The first-order chi connectivity index (χ1) is 8.72. The third-order valence-electron chi connectivity index (χ3n) is 2.35. The molecule has 18 heavy (non-hydrogen) atoms. The Morgan fingerprint density at radius 3 is 2.94 bits per heavy atom. The molecule has 0 amide bonds. The van der Waals surface area contributed by atoms with Crippen LogP contribution in [0, 0.1) is 0 Å². The van der Waals surface area contributed by atoms with Crippen molar-refractivity contribution in [2.75, 3.05) is 6.54 Å². The average Bonchev–Trinajstić information content (AvgIpc) is 2.82. The van der Waals surface area contributed by atoms with Gasteiger partial charge in [-0.1, -0.05) is 19.1 Å². The third-order valence-corrected chi connectivity index (χ3v) is 2.35. The van der Waals surface area contributed by atoms with Gasteiger partial charge in [-0.2, -0.15) is 0 Å². The third kappa shape index (κ3) is 2.48. The fourth-order valence-electron chi connectivity index (χ4n) is 1.53. The van der Waals surface area contributed by atoms with E-state index in [-0.39, 0.29) is 5.90 Å². The second-order valence-corrected chi connectivity index (χ2v) is 3.72. The van der Waals surface area contributed by atoms with Crippen molar-refractivity contribution in [3.63, 3.8) is 0 Å². The number of nitrogens with zero attached hydrogens (tertiary/aromatic N) is 2. The summed E-state index contributed by atoms with van der Waals surface area (Å²) in [5, 5.41) is 14.3. The van der Waals surface area contributed by atoms with Gasteiger partial charge < -0.3 is 10.1 Å². The van der Waals surface area contributed by atoms with E-state index in [1.54, 1.807) is 24.3 Å². The van der Waals surface area contributed by atoms with Crippen molar-refractivity contribution in [2.45, 2.75) is 13.3 Å². The summed E-state index contributed by atoms with van der Waals surface area (Å²) in [5.41, 5.74) is 0.448. The van der Waals surface area contributed by atoms with Gasteiger partial charge in [-0.15, -0.1) is 0 Å². The molecule has 0 fully saturated rings. The molecule has 0 radical (unpaired) electrons.